The van der Waals surface area contributed by atoms with Gasteiger partial charge in [0.25, 0.3) is 0 Å². The molecule has 2 aromatic rings. The SMILES string of the molecule is CCOc1ccc(Cc2cc([C@]34OC[C@]([C@@H](C)F)(O3)[C@@H](O)[C@H](O)[C@H]4O)ccc2Cl)cc1. The summed E-state index contributed by atoms with van der Waals surface area (Å²) in [5, 5.41) is 32.1. The standard InChI is InChI=1S/C23H26ClFO6/c1-3-29-17-7-4-14(5-8-17)10-15-11-16(6-9-18(15)24)23-21(28)19(26)20(27)22(31-23,12-30-23)13(2)25/h4-9,11,13,19-21,26-28H,3,10,12H2,1-2H3/t13-,19+,20+,21-,22-,23+/m1/s1. The van der Waals surface area contributed by atoms with Crippen LogP contribution in [0.5, 0.6) is 5.75 Å². The van der Waals surface area contributed by atoms with Crippen molar-refractivity contribution < 1.29 is 33.9 Å². The van der Waals surface area contributed by atoms with Crippen molar-refractivity contribution in [2.75, 3.05) is 13.2 Å². The molecule has 168 valence electrons. The van der Waals surface area contributed by atoms with Crippen LogP contribution in [0.4, 0.5) is 4.39 Å². The van der Waals surface area contributed by atoms with Gasteiger partial charge in [-0.2, -0.15) is 0 Å². The van der Waals surface area contributed by atoms with Gasteiger partial charge in [0, 0.05) is 10.6 Å². The second kappa shape index (κ2) is 8.31. The summed E-state index contributed by atoms with van der Waals surface area (Å²) in [5.74, 6) is -1.04. The van der Waals surface area contributed by atoms with Crippen LogP contribution in [0, 0.1) is 0 Å². The number of hydrogen-bond donors (Lipinski definition) is 3. The van der Waals surface area contributed by atoms with Gasteiger partial charge in [0.2, 0.25) is 5.79 Å². The highest BCUT2D eigenvalue weighted by Crippen LogP contribution is 2.51. The van der Waals surface area contributed by atoms with Crippen molar-refractivity contribution in [3.8, 4) is 5.75 Å². The van der Waals surface area contributed by atoms with Crippen LogP contribution in [0.3, 0.4) is 0 Å². The molecule has 4 rings (SSSR count). The average molecular weight is 453 g/mol. The maximum absolute atomic E-state index is 14.4. The van der Waals surface area contributed by atoms with Crippen molar-refractivity contribution in [2.45, 2.75) is 56.1 Å². The molecule has 2 heterocycles. The first-order chi connectivity index (χ1) is 14.7. The molecule has 6 nitrogen and oxygen atoms in total. The van der Waals surface area contributed by atoms with Crippen LogP contribution < -0.4 is 4.74 Å². The Hall–Kier alpha value is -1.74. The maximum Gasteiger partial charge on any atom is 0.225 e. The van der Waals surface area contributed by atoms with Gasteiger partial charge in [-0.3, -0.25) is 0 Å². The Morgan fingerprint density at radius 1 is 1.16 bits per heavy atom. The molecule has 0 aliphatic carbocycles. The summed E-state index contributed by atoms with van der Waals surface area (Å²) in [7, 11) is 0. The van der Waals surface area contributed by atoms with E-state index in [9.17, 15) is 19.7 Å². The van der Waals surface area contributed by atoms with Crippen molar-refractivity contribution in [3.05, 3.63) is 64.2 Å². The Morgan fingerprint density at radius 2 is 1.87 bits per heavy atom. The summed E-state index contributed by atoms with van der Waals surface area (Å²) in [5.41, 5.74) is 0.343. The van der Waals surface area contributed by atoms with Crippen molar-refractivity contribution in [2.24, 2.45) is 0 Å². The molecule has 2 aromatic carbocycles. The van der Waals surface area contributed by atoms with Crippen LogP contribution in [-0.4, -0.2) is 58.6 Å². The number of benzene rings is 2. The zero-order valence-corrected chi connectivity index (χ0v) is 18.1. The van der Waals surface area contributed by atoms with E-state index in [0.29, 0.717) is 23.6 Å². The molecule has 0 radical (unpaired) electrons. The minimum atomic E-state index is -1.81. The Bertz CT molecular complexity index is 938. The van der Waals surface area contributed by atoms with Crippen molar-refractivity contribution >= 4 is 11.6 Å². The molecule has 31 heavy (non-hydrogen) atoms. The predicted octanol–water partition coefficient (Wildman–Crippen LogP) is 2.72. The summed E-state index contributed by atoms with van der Waals surface area (Å²) in [4.78, 5) is 0. The third-order valence-electron chi connectivity index (χ3n) is 6.14. The van der Waals surface area contributed by atoms with Gasteiger partial charge in [-0.1, -0.05) is 29.8 Å². The first-order valence-corrected chi connectivity index (χ1v) is 10.6. The molecule has 0 unspecified atom stereocenters. The van der Waals surface area contributed by atoms with Crippen LogP contribution in [0.25, 0.3) is 0 Å². The van der Waals surface area contributed by atoms with E-state index in [1.807, 2.05) is 31.2 Å². The van der Waals surface area contributed by atoms with Crippen LogP contribution >= 0.6 is 11.6 Å². The van der Waals surface area contributed by atoms with E-state index in [4.69, 9.17) is 25.8 Å². The van der Waals surface area contributed by atoms with E-state index in [1.165, 1.54) is 6.92 Å². The van der Waals surface area contributed by atoms with E-state index < -0.39 is 35.9 Å². The molecule has 2 fully saturated rings. The van der Waals surface area contributed by atoms with Gasteiger partial charge in [0.05, 0.1) is 13.2 Å². The van der Waals surface area contributed by atoms with Gasteiger partial charge < -0.3 is 29.5 Å². The van der Waals surface area contributed by atoms with Crippen LogP contribution in [0.2, 0.25) is 5.02 Å². The largest absolute Gasteiger partial charge is 0.494 e. The normalized spacial score (nSPS) is 33.3. The Morgan fingerprint density at radius 3 is 2.52 bits per heavy atom. The molecule has 0 saturated carbocycles. The first kappa shape index (κ1) is 22.5. The molecule has 0 aromatic heterocycles. The summed E-state index contributed by atoms with van der Waals surface area (Å²) in [6, 6.07) is 12.6. The Kier molecular flexibility index (Phi) is 6.02. The Balaban J connectivity index is 1.67. The topological polar surface area (TPSA) is 88.4 Å². The molecule has 3 N–H and O–H groups in total. The van der Waals surface area contributed by atoms with Gasteiger partial charge in [-0.05, 0) is 55.7 Å². The number of fused-ring (bicyclic) bond motifs is 2. The van der Waals surface area contributed by atoms with Gasteiger partial charge in [-0.15, -0.1) is 0 Å². The third-order valence-corrected chi connectivity index (χ3v) is 6.51. The number of aliphatic hydroxyl groups is 3. The van der Waals surface area contributed by atoms with E-state index in [0.717, 1.165) is 16.9 Å². The first-order valence-electron chi connectivity index (χ1n) is 10.3. The fraction of sp³-hybridized carbons (Fsp3) is 0.478. The van der Waals surface area contributed by atoms with Gasteiger partial charge in [0.15, 0.2) is 5.60 Å². The molecule has 8 heteroatoms. The number of alkyl halides is 1. The average Bonchev–Trinajstić information content (AvgIpc) is 3.15. The molecule has 2 bridgehead atoms. The molecule has 2 saturated heterocycles. The Labute approximate surface area is 185 Å². The second-order valence-corrected chi connectivity index (χ2v) is 8.48. The smallest absolute Gasteiger partial charge is 0.225 e. The second-order valence-electron chi connectivity index (χ2n) is 8.07. The number of hydrogen-bond acceptors (Lipinski definition) is 6. The number of halogens is 2. The van der Waals surface area contributed by atoms with Gasteiger partial charge >= 0.3 is 0 Å². The van der Waals surface area contributed by atoms with E-state index in [-0.39, 0.29) is 6.61 Å². The number of aliphatic hydroxyl groups excluding tert-OH is 3. The van der Waals surface area contributed by atoms with Crippen LogP contribution in [-0.2, 0) is 21.7 Å². The van der Waals surface area contributed by atoms with Crippen molar-refractivity contribution in [1.29, 1.82) is 0 Å². The molecular formula is C23H26ClFO6. The lowest BCUT2D eigenvalue weighted by atomic mass is 9.81. The zero-order chi connectivity index (χ0) is 22.4. The minimum absolute atomic E-state index is 0.309. The van der Waals surface area contributed by atoms with E-state index >= 15 is 0 Å². The fourth-order valence-electron chi connectivity index (χ4n) is 4.30. The van der Waals surface area contributed by atoms with Gasteiger partial charge in [0.1, 0.15) is 30.2 Å². The maximum atomic E-state index is 14.4. The van der Waals surface area contributed by atoms with Crippen molar-refractivity contribution in [3.63, 3.8) is 0 Å². The molecule has 0 spiro atoms. The highest BCUT2D eigenvalue weighted by Gasteiger charge is 2.69. The zero-order valence-electron chi connectivity index (χ0n) is 17.3. The molecule has 6 atom stereocenters. The summed E-state index contributed by atoms with van der Waals surface area (Å²) < 4.78 is 31.5. The lowest BCUT2D eigenvalue weighted by molar-refractivity contribution is -0.333. The lowest BCUT2D eigenvalue weighted by Gasteiger charge is -2.47. The highest BCUT2D eigenvalue weighted by atomic mass is 35.5. The third kappa shape index (κ3) is 3.63. The molecule has 0 amide bonds. The summed E-state index contributed by atoms with van der Waals surface area (Å²) in [6.45, 7) is 3.42. The van der Waals surface area contributed by atoms with E-state index in [2.05, 4.69) is 0 Å². The van der Waals surface area contributed by atoms with Crippen molar-refractivity contribution in [1.82, 2.24) is 0 Å². The lowest BCUT2D eigenvalue weighted by Crippen LogP contribution is -2.66. The quantitative estimate of drug-likeness (QED) is 0.624. The van der Waals surface area contributed by atoms with Crippen LogP contribution in [0.1, 0.15) is 30.5 Å². The number of rotatable bonds is 6. The van der Waals surface area contributed by atoms with E-state index in [1.54, 1.807) is 18.2 Å². The van der Waals surface area contributed by atoms with Crippen LogP contribution in [0.15, 0.2) is 42.5 Å². The molecular weight excluding hydrogens is 427 g/mol. The fourth-order valence-corrected chi connectivity index (χ4v) is 4.49. The summed E-state index contributed by atoms with van der Waals surface area (Å²) in [6.07, 6.45) is -6.03. The molecule has 2 aliphatic heterocycles. The highest BCUT2D eigenvalue weighted by molar-refractivity contribution is 6.31. The molecule has 2 aliphatic rings. The monoisotopic (exact) mass is 452 g/mol. The minimum Gasteiger partial charge on any atom is -0.494 e. The van der Waals surface area contributed by atoms with Gasteiger partial charge in [-0.25, -0.2) is 4.39 Å². The summed E-state index contributed by atoms with van der Waals surface area (Å²) >= 11 is 6.41. The predicted molar refractivity (Wildman–Crippen MR) is 112 cm³/mol. The number of ether oxygens (including phenoxy) is 3.